The number of carbonyl (C=O) groups is 1. The molecule has 1 unspecified atom stereocenters. The number of methoxy groups -OCH3 is 1. The molecule has 14 heavy (non-hydrogen) atoms. The third-order valence-corrected chi connectivity index (χ3v) is 1.93. The molecule has 0 spiro atoms. The molecule has 0 saturated heterocycles. The number of alkyl halides is 1. The van der Waals surface area contributed by atoms with Crippen molar-refractivity contribution in [3.05, 3.63) is 0 Å². The lowest BCUT2D eigenvalue weighted by atomic mass is 10.00. The fraction of sp³-hybridized carbons (Fsp3) is 0.700. The smallest absolute Gasteiger partial charge is 0.384 e. The Balaban J connectivity index is 4.03. The highest BCUT2D eigenvalue weighted by molar-refractivity contribution is 6.17. The highest BCUT2D eigenvalue weighted by atomic mass is 35.5. The Hall–Kier alpha value is -0.720. The van der Waals surface area contributed by atoms with Crippen LogP contribution in [0.2, 0.25) is 0 Å². The van der Waals surface area contributed by atoms with Gasteiger partial charge in [-0.05, 0) is 26.2 Å². The summed E-state index contributed by atoms with van der Waals surface area (Å²) < 4.78 is 4.33. The van der Waals surface area contributed by atoms with E-state index in [1.165, 1.54) is 7.11 Å². The van der Waals surface area contributed by atoms with Crippen LogP contribution in [0, 0.1) is 11.8 Å². The van der Waals surface area contributed by atoms with E-state index in [-0.39, 0.29) is 0 Å². The minimum atomic E-state index is -1.14. The average Bonchev–Trinajstić information content (AvgIpc) is 2.14. The van der Waals surface area contributed by atoms with E-state index in [2.05, 4.69) is 16.6 Å². The molecule has 1 N–H and O–H groups in total. The average molecular weight is 219 g/mol. The van der Waals surface area contributed by atoms with Crippen molar-refractivity contribution in [2.45, 2.75) is 31.8 Å². The van der Waals surface area contributed by atoms with Crippen molar-refractivity contribution < 1.29 is 14.6 Å². The lowest BCUT2D eigenvalue weighted by Crippen LogP contribution is -2.21. The van der Waals surface area contributed by atoms with Gasteiger partial charge in [0.15, 0.2) is 0 Å². The Morgan fingerprint density at radius 2 is 2.21 bits per heavy atom. The molecule has 4 heteroatoms. The maximum Gasteiger partial charge on any atom is 0.384 e. The molecule has 0 aromatic heterocycles. The van der Waals surface area contributed by atoms with Gasteiger partial charge in [0.1, 0.15) is 5.60 Å². The third kappa shape index (κ3) is 6.76. The summed E-state index contributed by atoms with van der Waals surface area (Å²) in [5, 5.41) is 9.66. The number of hydrogen-bond donors (Lipinski definition) is 1. The van der Waals surface area contributed by atoms with Crippen molar-refractivity contribution in [3.8, 4) is 11.8 Å². The summed E-state index contributed by atoms with van der Waals surface area (Å²) in [6.45, 7) is 1.57. The van der Waals surface area contributed by atoms with Crippen LogP contribution >= 0.6 is 11.6 Å². The zero-order valence-corrected chi connectivity index (χ0v) is 9.23. The largest absolute Gasteiger partial charge is 0.459 e. The fourth-order valence-corrected chi connectivity index (χ4v) is 1.05. The van der Waals surface area contributed by atoms with Crippen LogP contribution in [-0.2, 0) is 9.53 Å². The number of hydrogen-bond acceptors (Lipinski definition) is 3. The monoisotopic (exact) mass is 218 g/mol. The topological polar surface area (TPSA) is 46.5 Å². The SMILES string of the molecule is COC(=O)C#CC(C)(O)CCCCCl. The van der Waals surface area contributed by atoms with Gasteiger partial charge in [0, 0.05) is 11.8 Å². The summed E-state index contributed by atoms with van der Waals surface area (Å²) in [5.74, 6) is 4.60. The zero-order chi connectivity index (χ0) is 11.0. The number of aliphatic hydroxyl groups is 1. The van der Waals surface area contributed by atoms with Gasteiger partial charge in [-0.25, -0.2) is 4.79 Å². The Morgan fingerprint density at radius 1 is 1.57 bits per heavy atom. The summed E-state index contributed by atoms with van der Waals surface area (Å²) in [6, 6.07) is 0. The number of carbonyl (C=O) groups excluding carboxylic acids is 1. The summed E-state index contributed by atoms with van der Waals surface area (Å²) >= 11 is 5.49. The number of unbranched alkanes of at least 4 members (excludes halogenated alkanes) is 1. The quantitative estimate of drug-likeness (QED) is 0.255. The van der Waals surface area contributed by atoms with Crippen LogP contribution in [0.3, 0.4) is 0 Å². The number of halogens is 1. The molecule has 0 aromatic rings. The first-order valence-electron chi connectivity index (χ1n) is 4.41. The lowest BCUT2D eigenvalue weighted by molar-refractivity contribution is -0.133. The van der Waals surface area contributed by atoms with E-state index < -0.39 is 11.6 Å². The molecule has 0 aliphatic carbocycles. The van der Waals surface area contributed by atoms with Crippen LogP contribution in [-0.4, -0.2) is 29.7 Å². The van der Waals surface area contributed by atoms with Crippen molar-refractivity contribution in [2.24, 2.45) is 0 Å². The van der Waals surface area contributed by atoms with Gasteiger partial charge in [-0.3, -0.25) is 0 Å². The van der Waals surface area contributed by atoms with E-state index in [0.29, 0.717) is 12.3 Å². The Kier molecular flexibility index (Phi) is 6.35. The maximum absolute atomic E-state index is 10.7. The van der Waals surface area contributed by atoms with E-state index in [4.69, 9.17) is 11.6 Å². The Labute approximate surface area is 89.4 Å². The second-order valence-corrected chi connectivity index (χ2v) is 3.54. The Bertz CT molecular complexity index is 237. The molecular weight excluding hydrogens is 204 g/mol. The van der Waals surface area contributed by atoms with Gasteiger partial charge >= 0.3 is 5.97 Å². The first-order chi connectivity index (χ1) is 6.52. The molecule has 0 aliphatic heterocycles. The standard InChI is InChI=1S/C10H15ClO3/c1-10(13,6-3-4-8-11)7-5-9(12)14-2/h13H,3-4,6,8H2,1-2H3. The minimum Gasteiger partial charge on any atom is -0.459 e. The van der Waals surface area contributed by atoms with Crippen LogP contribution in [0.1, 0.15) is 26.2 Å². The van der Waals surface area contributed by atoms with Crippen LogP contribution in [0.15, 0.2) is 0 Å². The molecule has 0 radical (unpaired) electrons. The molecule has 0 rings (SSSR count). The van der Waals surface area contributed by atoms with E-state index in [9.17, 15) is 9.90 Å². The second-order valence-electron chi connectivity index (χ2n) is 3.16. The van der Waals surface area contributed by atoms with Crippen LogP contribution in [0.4, 0.5) is 0 Å². The molecular formula is C10H15ClO3. The second kappa shape index (κ2) is 6.69. The summed E-state index contributed by atoms with van der Waals surface area (Å²) in [7, 11) is 1.25. The van der Waals surface area contributed by atoms with Crippen molar-refractivity contribution >= 4 is 17.6 Å². The fourth-order valence-electron chi connectivity index (χ4n) is 0.863. The Morgan fingerprint density at radius 3 is 2.71 bits per heavy atom. The maximum atomic E-state index is 10.7. The van der Waals surface area contributed by atoms with Crippen LogP contribution in [0.5, 0.6) is 0 Å². The predicted octanol–water partition coefficient (Wildman–Crippen LogP) is 1.32. The molecule has 0 saturated carbocycles. The molecule has 0 aromatic carbocycles. The van der Waals surface area contributed by atoms with Gasteiger partial charge < -0.3 is 9.84 Å². The van der Waals surface area contributed by atoms with Gasteiger partial charge in [-0.15, -0.1) is 11.6 Å². The van der Waals surface area contributed by atoms with Gasteiger partial charge in [0.25, 0.3) is 0 Å². The minimum absolute atomic E-state index is 0.504. The van der Waals surface area contributed by atoms with Crippen molar-refractivity contribution in [1.82, 2.24) is 0 Å². The molecule has 0 aliphatic rings. The zero-order valence-electron chi connectivity index (χ0n) is 8.47. The molecule has 0 amide bonds. The summed E-state index contributed by atoms with van der Waals surface area (Å²) in [5.41, 5.74) is -1.14. The first-order valence-corrected chi connectivity index (χ1v) is 4.95. The molecule has 3 nitrogen and oxygen atoms in total. The molecule has 0 bridgehead atoms. The highest BCUT2D eigenvalue weighted by Crippen LogP contribution is 2.12. The number of ether oxygens (including phenoxy) is 1. The molecule has 0 heterocycles. The lowest BCUT2D eigenvalue weighted by Gasteiger charge is -2.14. The predicted molar refractivity (Wildman–Crippen MR) is 55.0 cm³/mol. The van der Waals surface area contributed by atoms with Crippen LogP contribution in [0.25, 0.3) is 0 Å². The van der Waals surface area contributed by atoms with E-state index in [0.717, 1.165) is 12.8 Å². The molecule has 1 atom stereocenters. The molecule has 80 valence electrons. The molecule has 0 fully saturated rings. The summed E-state index contributed by atoms with van der Waals surface area (Å²) in [4.78, 5) is 10.7. The van der Waals surface area contributed by atoms with Crippen molar-refractivity contribution in [2.75, 3.05) is 13.0 Å². The van der Waals surface area contributed by atoms with Gasteiger partial charge in [0.2, 0.25) is 0 Å². The normalized spacial score (nSPS) is 13.7. The van der Waals surface area contributed by atoms with E-state index in [1.54, 1.807) is 6.92 Å². The number of rotatable bonds is 4. The highest BCUT2D eigenvalue weighted by Gasteiger charge is 2.16. The van der Waals surface area contributed by atoms with Crippen molar-refractivity contribution in [3.63, 3.8) is 0 Å². The van der Waals surface area contributed by atoms with Crippen molar-refractivity contribution in [1.29, 1.82) is 0 Å². The van der Waals surface area contributed by atoms with E-state index in [1.807, 2.05) is 0 Å². The summed E-state index contributed by atoms with van der Waals surface area (Å²) in [6.07, 6.45) is 2.12. The van der Waals surface area contributed by atoms with Gasteiger partial charge in [0.05, 0.1) is 7.11 Å². The number of esters is 1. The van der Waals surface area contributed by atoms with Crippen LogP contribution < -0.4 is 0 Å². The van der Waals surface area contributed by atoms with Gasteiger partial charge in [-0.2, -0.15) is 0 Å². The third-order valence-electron chi connectivity index (χ3n) is 1.67. The first kappa shape index (κ1) is 13.3. The van der Waals surface area contributed by atoms with Gasteiger partial charge in [-0.1, -0.05) is 5.92 Å². The van der Waals surface area contributed by atoms with E-state index >= 15 is 0 Å².